The predicted molar refractivity (Wildman–Crippen MR) is 84.7 cm³/mol. The fourth-order valence-corrected chi connectivity index (χ4v) is 3.42. The van der Waals surface area contributed by atoms with Gasteiger partial charge in [0, 0.05) is 32.2 Å². The van der Waals surface area contributed by atoms with E-state index in [1.165, 1.54) is 22.3 Å². The number of aryl methyl sites for hydroxylation is 1. The second-order valence-electron chi connectivity index (χ2n) is 5.78. The van der Waals surface area contributed by atoms with Crippen molar-refractivity contribution in [2.75, 3.05) is 33.3 Å². The monoisotopic (exact) mass is 276 g/mol. The van der Waals surface area contributed by atoms with Gasteiger partial charge in [-0.2, -0.15) is 0 Å². The Morgan fingerprint density at radius 3 is 2.40 bits per heavy atom. The molecule has 0 radical (unpaired) electrons. The Hall–Kier alpha value is -1.06. The Morgan fingerprint density at radius 2 is 1.85 bits per heavy atom. The Labute approximate surface area is 123 Å². The van der Waals surface area contributed by atoms with E-state index in [4.69, 9.17) is 4.74 Å². The summed E-state index contributed by atoms with van der Waals surface area (Å²) < 4.78 is 5.55. The maximum Gasteiger partial charge on any atom is 0.124 e. The van der Waals surface area contributed by atoms with Gasteiger partial charge in [0.1, 0.15) is 5.75 Å². The number of benzene rings is 1. The van der Waals surface area contributed by atoms with Crippen LogP contribution in [0.4, 0.5) is 0 Å². The highest BCUT2D eigenvalue weighted by Crippen LogP contribution is 2.35. The van der Waals surface area contributed by atoms with Gasteiger partial charge >= 0.3 is 0 Å². The van der Waals surface area contributed by atoms with E-state index in [-0.39, 0.29) is 0 Å². The van der Waals surface area contributed by atoms with Crippen LogP contribution in [-0.4, -0.2) is 38.2 Å². The summed E-state index contributed by atoms with van der Waals surface area (Å²) in [5, 5.41) is 3.44. The Morgan fingerprint density at radius 1 is 1.20 bits per heavy atom. The Bertz CT molecular complexity index is 465. The zero-order valence-corrected chi connectivity index (χ0v) is 13.5. The highest BCUT2D eigenvalue weighted by atomic mass is 16.5. The van der Waals surface area contributed by atoms with Crippen molar-refractivity contribution in [1.29, 1.82) is 0 Å². The number of piperazine rings is 1. The Kier molecular flexibility index (Phi) is 5.06. The molecule has 1 aromatic carbocycles. The summed E-state index contributed by atoms with van der Waals surface area (Å²) in [7, 11) is 1.77. The summed E-state index contributed by atoms with van der Waals surface area (Å²) in [6.07, 6.45) is 1.16. The van der Waals surface area contributed by atoms with Crippen LogP contribution >= 0.6 is 0 Å². The topological polar surface area (TPSA) is 24.5 Å². The average molecular weight is 276 g/mol. The molecule has 0 aromatic heterocycles. The second kappa shape index (κ2) is 6.59. The van der Waals surface area contributed by atoms with E-state index < -0.39 is 0 Å². The van der Waals surface area contributed by atoms with Crippen LogP contribution in [0.25, 0.3) is 0 Å². The summed E-state index contributed by atoms with van der Waals surface area (Å²) in [6.45, 7) is 13.3. The van der Waals surface area contributed by atoms with E-state index in [1.54, 1.807) is 7.11 Å². The van der Waals surface area contributed by atoms with Crippen LogP contribution in [0, 0.1) is 20.8 Å². The van der Waals surface area contributed by atoms with Crippen molar-refractivity contribution < 1.29 is 4.74 Å². The van der Waals surface area contributed by atoms with Gasteiger partial charge in [-0.25, -0.2) is 0 Å². The van der Waals surface area contributed by atoms with Crippen LogP contribution in [0.15, 0.2) is 6.07 Å². The molecule has 0 saturated carbocycles. The first-order chi connectivity index (χ1) is 9.60. The minimum atomic E-state index is 0.528. The zero-order valence-electron chi connectivity index (χ0n) is 13.5. The number of hydrogen-bond donors (Lipinski definition) is 1. The third kappa shape index (κ3) is 2.84. The van der Waals surface area contributed by atoms with Crippen molar-refractivity contribution in [1.82, 2.24) is 10.2 Å². The number of hydrogen-bond acceptors (Lipinski definition) is 3. The SMILES string of the molecule is CCC(c1cc(C)c(OC)c(C)c1C)N1CCNCC1. The van der Waals surface area contributed by atoms with Gasteiger partial charge < -0.3 is 10.1 Å². The number of methoxy groups -OCH3 is 1. The van der Waals surface area contributed by atoms with Crippen LogP contribution in [0.3, 0.4) is 0 Å². The maximum absolute atomic E-state index is 5.55. The smallest absolute Gasteiger partial charge is 0.124 e. The summed E-state index contributed by atoms with van der Waals surface area (Å²) in [6, 6.07) is 2.86. The summed E-state index contributed by atoms with van der Waals surface area (Å²) in [4.78, 5) is 2.62. The van der Waals surface area contributed by atoms with Crippen LogP contribution in [0.5, 0.6) is 5.75 Å². The Balaban J connectivity index is 2.39. The largest absolute Gasteiger partial charge is 0.496 e. The van der Waals surface area contributed by atoms with Crippen molar-refractivity contribution in [3.8, 4) is 5.75 Å². The molecular weight excluding hydrogens is 248 g/mol. The molecule has 1 saturated heterocycles. The van der Waals surface area contributed by atoms with Crippen LogP contribution < -0.4 is 10.1 Å². The van der Waals surface area contributed by atoms with E-state index in [0.717, 1.165) is 38.3 Å². The van der Waals surface area contributed by atoms with E-state index in [0.29, 0.717) is 6.04 Å². The lowest BCUT2D eigenvalue weighted by Crippen LogP contribution is -2.45. The lowest BCUT2D eigenvalue weighted by molar-refractivity contribution is 0.169. The van der Waals surface area contributed by atoms with Gasteiger partial charge in [-0.15, -0.1) is 0 Å². The van der Waals surface area contributed by atoms with Gasteiger partial charge in [-0.05, 0) is 49.4 Å². The van der Waals surface area contributed by atoms with E-state index in [2.05, 4.69) is 44.0 Å². The molecular formula is C17H28N2O. The molecule has 20 heavy (non-hydrogen) atoms. The third-order valence-corrected chi connectivity index (χ3v) is 4.61. The molecule has 1 unspecified atom stereocenters. The molecule has 1 atom stereocenters. The first-order valence-electron chi connectivity index (χ1n) is 7.69. The molecule has 0 aliphatic carbocycles. The molecule has 2 rings (SSSR count). The van der Waals surface area contributed by atoms with Crippen molar-refractivity contribution in [2.45, 2.75) is 40.2 Å². The molecule has 1 N–H and O–H groups in total. The molecule has 112 valence electrons. The molecule has 1 aliphatic heterocycles. The van der Waals surface area contributed by atoms with E-state index >= 15 is 0 Å². The minimum Gasteiger partial charge on any atom is -0.496 e. The number of ether oxygens (including phenoxy) is 1. The first-order valence-corrected chi connectivity index (χ1v) is 7.69. The fraction of sp³-hybridized carbons (Fsp3) is 0.647. The van der Waals surface area contributed by atoms with Gasteiger partial charge in [0.05, 0.1) is 7.11 Å². The maximum atomic E-state index is 5.55. The molecule has 0 spiro atoms. The molecule has 3 heteroatoms. The normalized spacial score (nSPS) is 18.1. The van der Waals surface area contributed by atoms with Crippen LogP contribution in [0.2, 0.25) is 0 Å². The predicted octanol–water partition coefficient (Wildman–Crippen LogP) is 2.98. The standard InChI is InChI=1S/C17H28N2O/c1-6-16(19-9-7-18-8-10-19)15-11-12(2)17(20-5)14(4)13(15)3/h11,16,18H,6-10H2,1-5H3. The quantitative estimate of drug-likeness (QED) is 0.915. The van der Waals surface area contributed by atoms with Crippen molar-refractivity contribution in [3.05, 3.63) is 28.3 Å². The lowest BCUT2D eigenvalue weighted by atomic mass is 9.91. The third-order valence-electron chi connectivity index (χ3n) is 4.61. The molecule has 1 aliphatic rings. The van der Waals surface area contributed by atoms with E-state index in [1.807, 2.05) is 0 Å². The summed E-state index contributed by atoms with van der Waals surface area (Å²) >= 11 is 0. The number of nitrogens with zero attached hydrogens (tertiary/aromatic N) is 1. The molecule has 1 aromatic rings. The van der Waals surface area contributed by atoms with E-state index in [9.17, 15) is 0 Å². The van der Waals surface area contributed by atoms with Gasteiger partial charge in [-0.3, -0.25) is 4.90 Å². The summed E-state index contributed by atoms with van der Waals surface area (Å²) in [5.74, 6) is 1.04. The van der Waals surface area contributed by atoms with Gasteiger partial charge in [0.25, 0.3) is 0 Å². The van der Waals surface area contributed by atoms with Crippen molar-refractivity contribution in [3.63, 3.8) is 0 Å². The molecule has 0 amide bonds. The first kappa shape index (κ1) is 15.3. The molecule has 3 nitrogen and oxygen atoms in total. The van der Waals surface area contributed by atoms with Crippen molar-refractivity contribution in [2.24, 2.45) is 0 Å². The zero-order chi connectivity index (χ0) is 14.7. The van der Waals surface area contributed by atoms with Crippen LogP contribution in [0.1, 0.15) is 41.6 Å². The summed E-state index contributed by atoms with van der Waals surface area (Å²) in [5.41, 5.74) is 5.40. The van der Waals surface area contributed by atoms with Crippen molar-refractivity contribution >= 4 is 0 Å². The molecule has 1 heterocycles. The fourth-order valence-electron chi connectivity index (χ4n) is 3.42. The van der Waals surface area contributed by atoms with Gasteiger partial charge in [-0.1, -0.05) is 13.0 Å². The van der Waals surface area contributed by atoms with Gasteiger partial charge in [0.2, 0.25) is 0 Å². The van der Waals surface area contributed by atoms with Gasteiger partial charge in [0.15, 0.2) is 0 Å². The highest BCUT2D eigenvalue weighted by molar-refractivity contribution is 5.50. The number of rotatable bonds is 4. The van der Waals surface area contributed by atoms with Crippen LogP contribution in [-0.2, 0) is 0 Å². The second-order valence-corrected chi connectivity index (χ2v) is 5.78. The molecule has 1 fully saturated rings. The minimum absolute atomic E-state index is 0.528. The number of nitrogens with one attached hydrogen (secondary N) is 1. The average Bonchev–Trinajstić information content (AvgIpc) is 2.46. The lowest BCUT2D eigenvalue weighted by Gasteiger charge is -2.36. The molecule has 0 bridgehead atoms. The highest BCUT2D eigenvalue weighted by Gasteiger charge is 2.23.